The highest BCUT2D eigenvalue weighted by molar-refractivity contribution is 5.94. The van der Waals surface area contributed by atoms with Gasteiger partial charge in [0, 0.05) is 12.1 Å². The van der Waals surface area contributed by atoms with Gasteiger partial charge in [-0.05, 0) is 43.5 Å². The van der Waals surface area contributed by atoms with Crippen LogP contribution < -0.4 is 0 Å². The molecule has 1 atom stereocenters. The molecular formula is C13H16FNO2. The molecule has 1 amide bonds. The Morgan fingerprint density at radius 3 is 3.00 bits per heavy atom. The van der Waals surface area contributed by atoms with Gasteiger partial charge in [-0.15, -0.1) is 0 Å². The molecule has 0 bridgehead atoms. The molecule has 1 aliphatic rings. The fourth-order valence-corrected chi connectivity index (χ4v) is 2.24. The van der Waals surface area contributed by atoms with Crippen LogP contribution in [0.25, 0.3) is 0 Å². The number of halogens is 1. The molecular weight excluding hydrogens is 221 g/mol. The molecule has 92 valence electrons. The Balaban J connectivity index is 2.21. The molecule has 1 heterocycles. The zero-order chi connectivity index (χ0) is 12.4. The van der Waals surface area contributed by atoms with Crippen molar-refractivity contribution in [3.05, 3.63) is 35.1 Å². The van der Waals surface area contributed by atoms with Gasteiger partial charge in [-0.1, -0.05) is 0 Å². The number of likely N-dealkylation sites (tertiary alicyclic amines) is 1. The molecule has 0 saturated carbocycles. The van der Waals surface area contributed by atoms with Crippen molar-refractivity contribution in [1.82, 2.24) is 4.90 Å². The van der Waals surface area contributed by atoms with Gasteiger partial charge in [0.25, 0.3) is 5.91 Å². The van der Waals surface area contributed by atoms with Crippen LogP contribution in [-0.2, 0) is 0 Å². The van der Waals surface area contributed by atoms with Crippen molar-refractivity contribution in [2.24, 2.45) is 0 Å². The van der Waals surface area contributed by atoms with Crippen molar-refractivity contribution >= 4 is 5.91 Å². The maximum absolute atomic E-state index is 13.1. The quantitative estimate of drug-likeness (QED) is 0.851. The number of carbonyl (C=O) groups is 1. The van der Waals surface area contributed by atoms with Gasteiger partial charge >= 0.3 is 0 Å². The number of nitrogens with zero attached hydrogens (tertiary/aromatic N) is 1. The summed E-state index contributed by atoms with van der Waals surface area (Å²) >= 11 is 0. The molecule has 0 spiro atoms. The molecule has 0 aliphatic carbocycles. The minimum Gasteiger partial charge on any atom is -0.394 e. The highest BCUT2D eigenvalue weighted by atomic mass is 19.1. The molecule has 0 aromatic heterocycles. The van der Waals surface area contributed by atoms with Gasteiger partial charge in [0.2, 0.25) is 0 Å². The first-order chi connectivity index (χ1) is 8.13. The van der Waals surface area contributed by atoms with Crippen molar-refractivity contribution in [1.29, 1.82) is 0 Å². The monoisotopic (exact) mass is 237 g/mol. The molecule has 1 aliphatic heterocycles. The van der Waals surface area contributed by atoms with E-state index in [1.54, 1.807) is 17.9 Å². The van der Waals surface area contributed by atoms with E-state index in [0.717, 1.165) is 12.8 Å². The predicted molar refractivity (Wildman–Crippen MR) is 62.3 cm³/mol. The van der Waals surface area contributed by atoms with Crippen molar-refractivity contribution in [3.8, 4) is 0 Å². The first-order valence-corrected chi connectivity index (χ1v) is 5.81. The number of hydrogen-bond donors (Lipinski definition) is 1. The van der Waals surface area contributed by atoms with Crippen molar-refractivity contribution in [2.45, 2.75) is 25.8 Å². The van der Waals surface area contributed by atoms with Crippen LogP contribution in [0.15, 0.2) is 18.2 Å². The first-order valence-electron chi connectivity index (χ1n) is 5.81. The van der Waals surface area contributed by atoms with E-state index < -0.39 is 0 Å². The third-order valence-corrected chi connectivity index (χ3v) is 3.25. The zero-order valence-electron chi connectivity index (χ0n) is 9.82. The normalized spacial score (nSPS) is 19.7. The Hall–Kier alpha value is -1.42. The number of benzene rings is 1. The van der Waals surface area contributed by atoms with Crippen LogP contribution >= 0.6 is 0 Å². The number of aliphatic hydroxyl groups excluding tert-OH is 1. The summed E-state index contributed by atoms with van der Waals surface area (Å²) in [6.45, 7) is 2.30. The van der Waals surface area contributed by atoms with Crippen LogP contribution in [0.1, 0.15) is 28.8 Å². The summed E-state index contributed by atoms with van der Waals surface area (Å²) in [7, 11) is 0. The Morgan fingerprint density at radius 2 is 2.35 bits per heavy atom. The van der Waals surface area contributed by atoms with Crippen LogP contribution in [0.3, 0.4) is 0 Å². The van der Waals surface area contributed by atoms with Gasteiger partial charge in [-0.3, -0.25) is 4.79 Å². The van der Waals surface area contributed by atoms with Crippen LogP contribution in [0.2, 0.25) is 0 Å². The number of hydrogen-bond acceptors (Lipinski definition) is 2. The molecule has 17 heavy (non-hydrogen) atoms. The lowest BCUT2D eigenvalue weighted by atomic mass is 10.1. The molecule has 1 aromatic carbocycles. The molecule has 1 fully saturated rings. The fourth-order valence-electron chi connectivity index (χ4n) is 2.24. The van der Waals surface area contributed by atoms with Crippen LogP contribution in [0.5, 0.6) is 0 Å². The average Bonchev–Trinajstić information content (AvgIpc) is 2.80. The molecule has 3 nitrogen and oxygen atoms in total. The first kappa shape index (κ1) is 12.0. The highest BCUT2D eigenvalue weighted by Gasteiger charge is 2.28. The average molecular weight is 237 g/mol. The lowest BCUT2D eigenvalue weighted by Gasteiger charge is -2.23. The zero-order valence-corrected chi connectivity index (χ0v) is 9.82. The SMILES string of the molecule is Cc1cc(C(=O)N2CCC[C@@H]2CO)ccc1F. The standard InChI is InChI=1S/C13H16FNO2/c1-9-7-10(4-5-12(9)14)13(17)15-6-2-3-11(15)8-16/h4-5,7,11,16H,2-3,6,8H2,1H3/t11-/m1/s1. The lowest BCUT2D eigenvalue weighted by molar-refractivity contribution is 0.0677. The molecule has 2 rings (SSSR count). The van der Waals surface area contributed by atoms with E-state index in [-0.39, 0.29) is 24.4 Å². The van der Waals surface area contributed by atoms with Crippen molar-refractivity contribution < 1.29 is 14.3 Å². The van der Waals surface area contributed by atoms with Gasteiger partial charge in [-0.25, -0.2) is 4.39 Å². The summed E-state index contributed by atoms with van der Waals surface area (Å²) in [6, 6.07) is 4.28. The molecule has 1 aromatic rings. The molecule has 0 unspecified atom stereocenters. The lowest BCUT2D eigenvalue weighted by Crippen LogP contribution is -2.37. The minimum atomic E-state index is -0.304. The van der Waals surface area contributed by atoms with Gasteiger partial charge in [0.05, 0.1) is 12.6 Å². The van der Waals surface area contributed by atoms with E-state index in [1.165, 1.54) is 12.1 Å². The largest absolute Gasteiger partial charge is 0.394 e. The molecule has 1 saturated heterocycles. The summed E-state index contributed by atoms with van der Waals surface area (Å²) in [4.78, 5) is 13.8. The summed E-state index contributed by atoms with van der Waals surface area (Å²) in [5, 5.41) is 9.18. The highest BCUT2D eigenvalue weighted by Crippen LogP contribution is 2.20. The third kappa shape index (κ3) is 2.31. The van der Waals surface area contributed by atoms with Crippen molar-refractivity contribution in [3.63, 3.8) is 0 Å². The maximum Gasteiger partial charge on any atom is 0.254 e. The Labute approximate surface area is 99.9 Å². The number of rotatable bonds is 2. The van der Waals surface area contributed by atoms with E-state index in [9.17, 15) is 14.3 Å². The molecule has 1 N–H and O–H groups in total. The van der Waals surface area contributed by atoms with Gasteiger partial charge in [0.15, 0.2) is 0 Å². The second kappa shape index (κ2) is 4.84. The third-order valence-electron chi connectivity index (χ3n) is 3.25. The second-order valence-electron chi connectivity index (χ2n) is 4.44. The summed E-state index contributed by atoms with van der Waals surface area (Å²) < 4.78 is 13.1. The number of carbonyl (C=O) groups excluding carboxylic acids is 1. The van der Waals surface area contributed by atoms with Gasteiger partial charge in [-0.2, -0.15) is 0 Å². The second-order valence-corrected chi connectivity index (χ2v) is 4.44. The van der Waals surface area contributed by atoms with Crippen molar-refractivity contribution in [2.75, 3.05) is 13.2 Å². The molecule has 0 radical (unpaired) electrons. The minimum absolute atomic E-state index is 0.00802. The number of aliphatic hydroxyl groups is 1. The van der Waals surface area contributed by atoms with E-state index in [0.29, 0.717) is 17.7 Å². The molecule has 4 heteroatoms. The van der Waals surface area contributed by atoms with E-state index in [1.807, 2.05) is 0 Å². The van der Waals surface area contributed by atoms with E-state index in [2.05, 4.69) is 0 Å². The number of aryl methyl sites for hydroxylation is 1. The Morgan fingerprint density at radius 1 is 1.59 bits per heavy atom. The topological polar surface area (TPSA) is 40.5 Å². The maximum atomic E-state index is 13.1. The van der Waals surface area contributed by atoms with Crippen LogP contribution in [0.4, 0.5) is 4.39 Å². The number of amides is 1. The Kier molecular flexibility index (Phi) is 3.43. The van der Waals surface area contributed by atoms with Crippen LogP contribution in [-0.4, -0.2) is 35.1 Å². The summed E-state index contributed by atoms with van der Waals surface area (Å²) in [6.07, 6.45) is 1.75. The van der Waals surface area contributed by atoms with Gasteiger partial charge in [0.1, 0.15) is 5.82 Å². The van der Waals surface area contributed by atoms with E-state index in [4.69, 9.17) is 0 Å². The van der Waals surface area contributed by atoms with E-state index >= 15 is 0 Å². The Bertz CT molecular complexity index is 433. The predicted octanol–water partition coefficient (Wildman–Crippen LogP) is 1.73. The van der Waals surface area contributed by atoms with Gasteiger partial charge < -0.3 is 10.0 Å². The smallest absolute Gasteiger partial charge is 0.254 e. The summed E-state index contributed by atoms with van der Waals surface area (Å²) in [5.41, 5.74) is 0.958. The van der Waals surface area contributed by atoms with Crippen LogP contribution in [0, 0.1) is 12.7 Å². The summed E-state index contributed by atoms with van der Waals surface area (Å²) in [5.74, 6) is -0.425. The fraction of sp³-hybridized carbons (Fsp3) is 0.462.